The monoisotopic (exact) mass is 232 g/mol. The topological polar surface area (TPSA) is 59.0 Å². The maximum atomic E-state index is 8.73. The van der Waals surface area contributed by atoms with Crippen LogP contribution in [-0.4, -0.2) is 13.2 Å². The average molecular weight is 232 g/mol. The lowest BCUT2D eigenvalue weighted by Gasteiger charge is -2.23. The van der Waals surface area contributed by atoms with Crippen molar-refractivity contribution in [2.45, 2.75) is 38.6 Å². The molecule has 3 heteroatoms. The maximum Gasteiger partial charge on any atom is 0.122 e. The zero-order valence-electron chi connectivity index (χ0n) is 10.9. The molecule has 0 aromatic heterocycles. The van der Waals surface area contributed by atoms with Crippen molar-refractivity contribution in [3.63, 3.8) is 0 Å². The molecule has 0 spiro atoms. The van der Waals surface area contributed by atoms with Gasteiger partial charge in [-0.2, -0.15) is 5.26 Å². The first-order chi connectivity index (χ1) is 7.88. The molecule has 92 valence electrons. The van der Waals surface area contributed by atoms with Crippen molar-refractivity contribution in [3.05, 3.63) is 29.3 Å². The summed E-state index contributed by atoms with van der Waals surface area (Å²) in [6.07, 6.45) is 0.573. The Morgan fingerprint density at radius 3 is 2.53 bits per heavy atom. The van der Waals surface area contributed by atoms with E-state index in [1.54, 1.807) is 7.11 Å². The van der Waals surface area contributed by atoms with Gasteiger partial charge in [-0.3, -0.25) is 0 Å². The minimum Gasteiger partial charge on any atom is -0.496 e. The van der Waals surface area contributed by atoms with E-state index < -0.39 is 6.04 Å². The molecule has 0 aliphatic rings. The average Bonchev–Trinajstić information content (AvgIpc) is 2.27. The van der Waals surface area contributed by atoms with Crippen LogP contribution < -0.4 is 10.5 Å². The molecule has 3 nitrogen and oxygen atoms in total. The van der Waals surface area contributed by atoms with Gasteiger partial charge in [-0.25, -0.2) is 0 Å². The van der Waals surface area contributed by atoms with E-state index in [1.165, 1.54) is 0 Å². The first-order valence-corrected chi connectivity index (χ1v) is 5.71. The molecule has 1 aromatic carbocycles. The molecule has 1 rings (SSSR count). The highest BCUT2D eigenvalue weighted by Crippen LogP contribution is 2.32. The molecular weight excluding hydrogens is 212 g/mol. The number of hydrogen-bond acceptors (Lipinski definition) is 3. The highest BCUT2D eigenvalue weighted by molar-refractivity contribution is 5.42. The molecule has 0 saturated heterocycles. The van der Waals surface area contributed by atoms with Crippen molar-refractivity contribution in [1.82, 2.24) is 0 Å². The standard InChI is InChI=1S/C14H20N2O/c1-14(2,3)12-8-10(7-11(16)9-15)5-6-13(12)17-4/h5-6,8,11H,7,16H2,1-4H3. The number of benzene rings is 1. The van der Waals surface area contributed by atoms with Crippen LogP contribution in [0.25, 0.3) is 0 Å². The van der Waals surface area contributed by atoms with E-state index >= 15 is 0 Å². The molecule has 0 amide bonds. The Kier molecular flexibility index (Phi) is 4.14. The highest BCUT2D eigenvalue weighted by Gasteiger charge is 2.19. The van der Waals surface area contributed by atoms with Crippen LogP contribution in [-0.2, 0) is 11.8 Å². The molecule has 1 atom stereocenters. The van der Waals surface area contributed by atoms with E-state index in [0.717, 1.165) is 16.9 Å². The summed E-state index contributed by atoms with van der Waals surface area (Å²) in [5.74, 6) is 0.881. The maximum absolute atomic E-state index is 8.73. The van der Waals surface area contributed by atoms with Crippen molar-refractivity contribution >= 4 is 0 Å². The van der Waals surface area contributed by atoms with Crippen molar-refractivity contribution in [2.24, 2.45) is 5.73 Å². The van der Waals surface area contributed by atoms with Gasteiger partial charge in [0.15, 0.2) is 0 Å². The Morgan fingerprint density at radius 2 is 2.06 bits per heavy atom. The van der Waals surface area contributed by atoms with E-state index in [4.69, 9.17) is 15.7 Å². The zero-order valence-corrected chi connectivity index (χ0v) is 10.9. The predicted molar refractivity (Wildman–Crippen MR) is 69.0 cm³/mol. The molecular formula is C14H20N2O. The largest absolute Gasteiger partial charge is 0.496 e. The second kappa shape index (κ2) is 5.20. The first kappa shape index (κ1) is 13.5. The van der Waals surface area contributed by atoms with Crippen LogP contribution in [0.15, 0.2) is 18.2 Å². The number of nitrogens with zero attached hydrogens (tertiary/aromatic N) is 1. The third-order valence-electron chi connectivity index (χ3n) is 2.69. The number of hydrogen-bond donors (Lipinski definition) is 1. The molecule has 0 radical (unpaired) electrons. The summed E-state index contributed by atoms with van der Waals surface area (Å²) < 4.78 is 5.36. The van der Waals surface area contributed by atoms with Crippen molar-refractivity contribution < 1.29 is 4.74 Å². The van der Waals surface area contributed by atoms with Gasteiger partial charge in [0.25, 0.3) is 0 Å². The van der Waals surface area contributed by atoms with Gasteiger partial charge in [0.05, 0.1) is 19.2 Å². The summed E-state index contributed by atoms with van der Waals surface area (Å²) in [5, 5.41) is 8.73. The molecule has 0 fully saturated rings. The highest BCUT2D eigenvalue weighted by atomic mass is 16.5. The van der Waals surface area contributed by atoms with E-state index in [0.29, 0.717) is 6.42 Å². The SMILES string of the molecule is COc1ccc(CC(N)C#N)cc1C(C)(C)C. The first-order valence-electron chi connectivity index (χ1n) is 5.71. The van der Waals surface area contributed by atoms with E-state index in [2.05, 4.69) is 26.8 Å². The second-order valence-corrected chi connectivity index (χ2v) is 5.22. The lowest BCUT2D eigenvalue weighted by molar-refractivity contribution is 0.397. The Morgan fingerprint density at radius 1 is 1.41 bits per heavy atom. The summed E-state index contributed by atoms with van der Waals surface area (Å²) in [6.45, 7) is 6.41. The fourth-order valence-corrected chi connectivity index (χ4v) is 1.77. The Hall–Kier alpha value is -1.53. The minimum atomic E-state index is -0.448. The van der Waals surface area contributed by atoms with E-state index in [1.807, 2.05) is 18.2 Å². The molecule has 2 N–H and O–H groups in total. The fourth-order valence-electron chi connectivity index (χ4n) is 1.77. The Labute approximate surface area is 103 Å². The zero-order chi connectivity index (χ0) is 13.1. The van der Waals surface area contributed by atoms with Crippen LogP contribution in [0.5, 0.6) is 5.75 Å². The third-order valence-corrected chi connectivity index (χ3v) is 2.69. The van der Waals surface area contributed by atoms with Crippen LogP contribution in [0.3, 0.4) is 0 Å². The van der Waals surface area contributed by atoms with Crippen LogP contribution in [0.1, 0.15) is 31.9 Å². The summed E-state index contributed by atoms with van der Waals surface area (Å²) in [4.78, 5) is 0. The number of rotatable bonds is 3. The summed E-state index contributed by atoms with van der Waals surface area (Å²) >= 11 is 0. The van der Waals surface area contributed by atoms with E-state index in [-0.39, 0.29) is 5.41 Å². The van der Waals surface area contributed by atoms with Crippen molar-refractivity contribution in [2.75, 3.05) is 7.11 Å². The number of nitrogens with two attached hydrogens (primary N) is 1. The van der Waals surface area contributed by atoms with Gasteiger partial charge >= 0.3 is 0 Å². The molecule has 17 heavy (non-hydrogen) atoms. The van der Waals surface area contributed by atoms with Gasteiger partial charge in [0.2, 0.25) is 0 Å². The summed E-state index contributed by atoms with van der Waals surface area (Å²) in [5.41, 5.74) is 7.87. The summed E-state index contributed by atoms with van der Waals surface area (Å²) in [6, 6.07) is 7.59. The number of methoxy groups -OCH3 is 1. The molecule has 0 aliphatic heterocycles. The molecule has 0 aliphatic carbocycles. The smallest absolute Gasteiger partial charge is 0.122 e. The van der Waals surface area contributed by atoms with Gasteiger partial charge in [-0.1, -0.05) is 32.9 Å². The van der Waals surface area contributed by atoms with Crippen LogP contribution in [0.2, 0.25) is 0 Å². The Bertz CT molecular complexity index is 427. The van der Waals surface area contributed by atoms with Crippen molar-refractivity contribution in [3.8, 4) is 11.8 Å². The van der Waals surface area contributed by atoms with Gasteiger partial charge in [-0.15, -0.1) is 0 Å². The molecule has 0 bridgehead atoms. The summed E-state index contributed by atoms with van der Waals surface area (Å²) in [7, 11) is 1.67. The van der Waals surface area contributed by atoms with Gasteiger partial charge in [-0.05, 0) is 22.6 Å². The molecule has 1 aromatic rings. The molecule has 0 saturated carbocycles. The van der Waals surface area contributed by atoms with Crippen molar-refractivity contribution in [1.29, 1.82) is 5.26 Å². The number of nitriles is 1. The molecule has 1 unspecified atom stereocenters. The lowest BCUT2D eigenvalue weighted by atomic mass is 9.85. The quantitative estimate of drug-likeness (QED) is 0.870. The molecule has 0 heterocycles. The van der Waals surface area contributed by atoms with Gasteiger partial charge in [0.1, 0.15) is 5.75 Å². The lowest BCUT2D eigenvalue weighted by Crippen LogP contribution is -2.21. The number of ether oxygens (including phenoxy) is 1. The fraction of sp³-hybridized carbons (Fsp3) is 0.500. The van der Waals surface area contributed by atoms with Gasteiger partial charge < -0.3 is 10.5 Å². The van der Waals surface area contributed by atoms with Crippen LogP contribution in [0, 0.1) is 11.3 Å². The van der Waals surface area contributed by atoms with Gasteiger partial charge in [0, 0.05) is 6.42 Å². The predicted octanol–water partition coefficient (Wildman–Crippen LogP) is 2.39. The normalized spacial score (nSPS) is 12.9. The third kappa shape index (κ3) is 3.47. The van der Waals surface area contributed by atoms with Crippen LogP contribution >= 0.6 is 0 Å². The van der Waals surface area contributed by atoms with E-state index in [9.17, 15) is 0 Å². The minimum absolute atomic E-state index is 0.0120. The Balaban J connectivity index is 3.10. The second-order valence-electron chi connectivity index (χ2n) is 5.22. The van der Waals surface area contributed by atoms with Crippen LogP contribution in [0.4, 0.5) is 0 Å².